The van der Waals surface area contributed by atoms with Crippen molar-refractivity contribution in [2.75, 3.05) is 26.7 Å². The SMILES string of the molecule is C/C=C/c1ccc2c(c1)O[C@H](CN(C)C(=O)NC1CCCCC1)[C@@H](C)CN([C@H](C)CO)S2(=O)=O. The minimum atomic E-state index is -3.87. The molecule has 0 unspecified atom stereocenters. The fourth-order valence-electron chi connectivity index (χ4n) is 4.64. The minimum Gasteiger partial charge on any atom is -0.487 e. The van der Waals surface area contributed by atoms with Gasteiger partial charge in [-0.3, -0.25) is 0 Å². The molecular formula is C25H39N3O5S. The van der Waals surface area contributed by atoms with Crippen LogP contribution in [-0.4, -0.2) is 73.7 Å². The molecule has 2 amide bonds. The first-order chi connectivity index (χ1) is 16.2. The molecule has 0 spiro atoms. The standard InChI is InChI=1S/C25H39N3O5S/c1-5-9-20-12-13-24-22(14-20)33-23(18(2)15-28(19(3)17-29)34(24,31)32)16-27(4)25(30)26-21-10-7-6-8-11-21/h5,9,12-14,18-19,21,23,29H,6-8,10-11,15-17H2,1-4H3,(H,26,30)/b9-5+/t18-,19+,23+/m0/s1. The highest BCUT2D eigenvalue weighted by Crippen LogP contribution is 2.34. The Hall–Kier alpha value is -2.10. The zero-order valence-electron chi connectivity index (χ0n) is 20.7. The Morgan fingerprint density at radius 1 is 1.32 bits per heavy atom. The molecule has 3 atom stereocenters. The number of sulfonamides is 1. The highest BCUT2D eigenvalue weighted by molar-refractivity contribution is 7.89. The van der Waals surface area contributed by atoms with E-state index in [2.05, 4.69) is 5.32 Å². The summed E-state index contributed by atoms with van der Waals surface area (Å²) in [6, 6.07) is 4.51. The fraction of sp³-hybridized carbons (Fsp3) is 0.640. The molecule has 190 valence electrons. The third-order valence-electron chi connectivity index (χ3n) is 6.78. The average molecular weight is 494 g/mol. The third-order valence-corrected chi connectivity index (χ3v) is 8.80. The van der Waals surface area contributed by atoms with E-state index < -0.39 is 22.2 Å². The molecule has 1 aromatic carbocycles. The van der Waals surface area contributed by atoms with Crippen LogP contribution in [0.1, 0.15) is 58.4 Å². The van der Waals surface area contributed by atoms with Crippen LogP contribution in [0.4, 0.5) is 4.79 Å². The van der Waals surface area contributed by atoms with Gasteiger partial charge in [0, 0.05) is 31.6 Å². The van der Waals surface area contributed by atoms with Gasteiger partial charge in [0.25, 0.3) is 0 Å². The number of hydrogen-bond donors (Lipinski definition) is 2. The Bertz CT molecular complexity index is 975. The van der Waals surface area contributed by atoms with Gasteiger partial charge >= 0.3 is 6.03 Å². The van der Waals surface area contributed by atoms with Crippen LogP contribution >= 0.6 is 0 Å². The first kappa shape index (κ1) is 26.5. The van der Waals surface area contributed by atoms with Gasteiger partial charge in [-0.2, -0.15) is 4.31 Å². The van der Waals surface area contributed by atoms with Gasteiger partial charge < -0.3 is 20.1 Å². The van der Waals surface area contributed by atoms with Gasteiger partial charge in [0.2, 0.25) is 10.0 Å². The lowest BCUT2D eigenvalue weighted by molar-refractivity contribution is 0.0806. The molecule has 0 bridgehead atoms. The maximum atomic E-state index is 13.5. The second kappa shape index (κ2) is 11.6. The van der Waals surface area contributed by atoms with Crippen molar-refractivity contribution in [3.05, 3.63) is 29.8 Å². The number of nitrogens with one attached hydrogen (secondary N) is 1. The summed E-state index contributed by atoms with van der Waals surface area (Å²) in [7, 11) is -2.13. The second-order valence-corrected chi connectivity index (χ2v) is 11.5. The van der Waals surface area contributed by atoms with Crippen LogP contribution < -0.4 is 10.1 Å². The van der Waals surface area contributed by atoms with Crippen LogP contribution in [0, 0.1) is 5.92 Å². The van der Waals surface area contributed by atoms with Crippen LogP contribution in [0.3, 0.4) is 0 Å². The van der Waals surface area contributed by atoms with E-state index in [0.717, 1.165) is 31.2 Å². The van der Waals surface area contributed by atoms with Gasteiger partial charge in [-0.1, -0.05) is 44.4 Å². The number of carbonyl (C=O) groups excluding carboxylic acids is 1. The third kappa shape index (κ3) is 6.12. The van der Waals surface area contributed by atoms with Crippen molar-refractivity contribution in [3.8, 4) is 5.75 Å². The topological polar surface area (TPSA) is 99.2 Å². The molecule has 0 aromatic heterocycles. The van der Waals surface area contributed by atoms with Crippen molar-refractivity contribution in [1.29, 1.82) is 0 Å². The first-order valence-electron chi connectivity index (χ1n) is 12.2. The molecule has 1 fully saturated rings. The highest BCUT2D eigenvalue weighted by atomic mass is 32.2. The first-order valence-corrected chi connectivity index (χ1v) is 13.7. The summed E-state index contributed by atoms with van der Waals surface area (Å²) in [5.74, 6) is 0.0515. The molecule has 2 aliphatic rings. The van der Waals surface area contributed by atoms with Gasteiger partial charge in [0.05, 0.1) is 13.2 Å². The fourth-order valence-corrected chi connectivity index (χ4v) is 6.47. The number of aliphatic hydroxyl groups excluding tert-OH is 1. The molecule has 1 heterocycles. The van der Waals surface area contributed by atoms with E-state index in [1.165, 1.54) is 10.7 Å². The monoisotopic (exact) mass is 493 g/mol. The Morgan fingerprint density at radius 3 is 2.68 bits per heavy atom. The van der Waals surface area contributed by atoms with Gasteiger partial charge in [-0.25, -0.2) is 13.2 Å². The number of carbonyl (C=O) groups is 1. The van der Waals surface area contributed by atoms with Crippen molar-refractivity contribution >= 4 is 22.1 Å². The van der Waals surface area contributed by atoms with E-state index in [-0.39, 0.29) is 41.8 Å². The number of aliphatic hydroxyl groups is 1. The molecule has 0 radical (unpaired) electrons. The molecule has 1 aromatic rings. The zero-order chi connectivity index (χ0) is 24.9. The number of fused-ring (bicyclic) bond motifs is 1. The summed E-state index contributed by atoms with van der Waals surface area (Å²) >= 11 is 0. The van der Waals surface area contributed by atoms with E-state index in [4.69, 9.17) is 4.74 Å². The van der Waals surface area contributed by atoms with Gasteiger partial charge in [0.1, 0.15) is 16.7 Å². The summed E-state index contributed by atoms with van der Waals surface area (Å²) in [6.45, 7) is 5.72. The summed E-state index contributed by atoms with van der Waals surface area (Å²) in [4.78, 5) is 14.6. The molecule has 34 heavy (non-hydrogen) atoms. The summed E-state index contributed by atoms with van der Waals surface area (Å²) in [6.07, 6.45) is 8.83. The van der Waals surface area contributed by atoms with Crippen LogP contribution in [0.25, 0.3) is 6.08 Å². The molecule has 1 saturated carbocycles. The molecule has 1 aliphatic heterocycles. The van der Waals surface area contributed by atoms with E-state index >= 15 is 0 Å². The second-order valence-electron chi connectivity index (χ2n) is 9.61. The summed E-state index contributed by atoms with van der Waals surface area (Å²) < 4.78 is 34.7. The molecule has 9 heteroatoms. The maximum absolute atomic E-state index is 13.5. The number of hydrogen-bond acceptors (Lipinski definition) is 5. The molecule has 2 N–H and O–H groups in total. The van der Waals surface area contributed by atoms with Crippen molar-refractivity contribution < 1.29 is 23.1 Å². The van der Waals surface area contributed by atoms with E-state index in [1.807, 2.05) is 26.0 Å². The molecule has 0 saturated heterocycles. The Morgan fingerprint density at radius 2 is 2.03 bits per heavy atom. The predicted octanol–water partition coefficient (Wildman–Crippen LogP) is 3.46. The van der Waals surface area contributed by atoms with Crippen LogP contribution in [0.15, 0.2) is 29.2 Å². The number of nitrogens with zero attached hydrogens (tertiary/aromatic N) is 2. The van der Waals surface area contributed by atoms with E-state index in [1.54, 1.807) is 37.1 Å². The number of rotatable bonds is 6. The minimum absolute atomic E-state index is 0.0762. The van der Waals surface area contributed by atoms with Crippen molar-refractivity contribution in [2.45, 2.75) is 76.0 Å². The van der Waals surface area contributed by atoms with Crippen molar-refractivity contribution in [2.24, 2.45) is 5.92 Å². The molecular weight excluding hydrogens is 454 g/mol. The lowest BCUT2D eigenvalue weighted by Crippen LogP contribution is -2.52. The molecule has 3 rings (SSSR count). The molecule has 8 nitrogen and oxygen atoms in total. The van der Waals surface area contributed by atoms with Crippen LogP contribution in [-0.2, 0) is 10.0 Å². The van der Waals surface area contributed by atoms with Gasteiger partial charge in [-0.15, -0.1) is 0 Å². The largest absolute Gasteiger partial charge is 0.487 e. The van der Waals surface area contributed by atoms with Crippen LogP contribution in [0.2, 0.25) is 0 Å². The number of urea groups is 1. The summed E-state index contributed by atoms with van der Waals surface area (Å²) in [5, 5.41) is 12.9. The van der Waals surface area contributed by atoms with Gasteiger partial charge in [0.15, 0.2) is 0 Å². The quantitative estimate of drug-likeness (QED) is 0.632. The molecule has 1 aliphatic carbocycles. The van der Waals surface area contributed by atoms with Crippen molar-refractivity contribution in [1.82, 2.24) is 14.5 Å². The Labute approximate surface area is 204 Å². The number of amides is 2. The Kier molecular flexibility index (Phi) is 9.01. The van der Waals surface area contributed by atoms with Gasteiger partial charge in [-0.05, 0) is 44.4 Å². The predicted molar refractivity (Wildman–Crippen MR) is 133 cm³/mol. The number of ether oxygens (including phenoxy) is 1. The number of benzene rings is 1. The normalized spacial score (nSPS) is 24.5. The van der Waals surface area contributed by atoms with E-state index in [0.29, 0.717) is 6.54 Å². The lowest BCUT2D eigenvalue weighted by Gasteiger charge is -2.37. The van der Waals surface area contributed by atoms with E-state index in [9.17, 15) is 18.3 Å². The maximum Gasteiger partial charge on any atom is 0.317 e. The number of likely N-dealkylation sites (N-methyl/N-ethyl adjacent to an activating group) is 1. The highest BCUT2D eigenvalue weighted by Gasteiger charge is 2.38. The smallest absolute Gasteiger partial charge is 0.317 e. The zero-order valence-corrected chi connectivity index (χ0v) is 21.6. The van der Waals surface area contributed by atoms with Crippen LogP contribution in [0.5, 0.6) is 5.75 Å². The number of allylic oxidation sites excluding steroid dienone is 1. The lowest BCUT2D eigenvalue weighted by atomic mass is 9.96. The van der Waals surface area contributed by atoms with Crippen molar-refractivity contribution in [3.63, 3.8) is 0 Å². The average Bonchev–Trinajstić information content (AvgIpc) is 2.81. The Balaban J connectivity index is 1.89. The summed E-state index contributed by atoms with van der Waals surface area (Å²) in [5.41, 5.74) is 0.827.